The Balaban J connectivity index is 1.52. The number of ether oxygens (including phenoxy) is 1. The van der Waals surface area contributed by atoms with Gasteiger partial charge in [0.15, 0.2) is 0 Å². The average Bonchev–Trinajstić information content (AvgIpc) is 3.16. The van der Waals surface area contributed by atoms with Crippen LogP contribution in [-0.4, -0.2) is 40.3 Å². The molecular weight excluding hydrogens is 356 g/mol. The predicted molar refractivity (Wildman–Crippen MR) is 102 cm³/mol. The topological polar surface area (TPSA) is 83.8 Å². The highest BCUT2D eigenvalue weighted by atomic mass is 16.5. The number of esters is 1. The predicted octanol–water partition coefficient (Wildman–Crippen LogP) is 2.78. The molecular formula is C23H32O5. The second-order valence-corrected chi connectivity index (χ2v) is 10.7. The van der Waals surface area contributed by atoms with E-state index in [-0.39, 0.29) is 35.2 Å². The molecule has 0 saturated heterocycles. The van der Waals surface area contributed by atoms with Crippen LogP contribution in [0.4, 0.5) is 0 Å². The van der Waals surface area contributed by atoms with E-state index < -0.39 is 11.0 Å². The highest BCUT2D eigenvalue weighted by molar-refractivity contribution is 5.86. The second kappa shape index (κ2) is 5.91. The molecule has 0 aromatic carbocycles. The second-order valence-electron chi connectivity index (χ2n) is 10.7. The Morgan fingerprint density at radius 3 is 2.61 bits per heavy atom. The van der Waals surface area contributed by atoms with Crippen molar-refractivity contribution in [3.63, 3.8) is 0 Å². The number of carbonyl (C=O) groups excluding carboxylic acids is 2. The minimum absolute atomic E-state index is 0.0149. The number of aliphatic hydroxyl groups excluding tert-OH is 1. The number of hydrogen-bond acceptors (Lipinski definition) is 5. The number of rotatable bonds is 1. The molecule has 0 radical (unpaired) electrons. The smallest absolute Gasteiger partial charge is 0.331 e. The normalized spacial score (nSPS) is 53.1. The number of hydrogen-bond donors (Lipinski definition) is 2. The van der Waals surface area contributed by atoms with E-state index in [0.717, 1.165) is 44.1 Å². The first-order chi connectivity index (χ1) is 13.2. The lowest BCUT2D eigenvalue weighted by molar-refractivity contribution is -0.206. The van der Waals surface area contributed by atoms with Gasteiger partial charge in [-0.05, 0) is 73.7 Å². The molecule has 1 aliphatic heterocycles. The number of fused-ring (bicyclic) bond motifs is 5. The summed E-state index contributed by atoms with van der Waals surface area (Å²) in [6, 6.07) is 0. The zero-order valence-corrected chi connectivity index (χ0v) is 16.9. The van der Waals surface area contributed by atoms with Crippen LogP contribution in [0.3, 0.4) is 0 Å². The van der Waals surface area contributed by atoms with Crippen LogP contribution in [0.1, 0.15) is 65.2 Å². The first-order valence-electron chi connectivity index (χ1n) is 11.0. The van der Waals surface area contributed by atoms with E-state index >= 15 is 0 Å². The van der Waals surface area contributed by atoms with Gasteiger partial charge in [-0.25, -0.2) is 4.79 Å². The van der Waals surface area contributed by atoms with Crippen LogP contribution in [0.15, 0.2) is 11.6 Å². The minimum atomic E-state index is -0.868. The van der Waals surface area contributed by atoms with E-state index in [1.54, 1.807) is 6.08 Å². The van der Waals surface area contributed by atoms with Crippen LogP contribution in [-0.2, 0) is 14.3 Å². The third-order valence-corrected chi connectivity index (χ3v) is 9.65. The molecule has 4 fully saturated rings. The fourth-order valence-corrected chi connectivity index (χ4v) is 8.18. The summed E-state index contributed by atoms with van der Waals surface area (Å²) in [5, 5.41) is 22.2. The van der Waals surface area contributed by atoms with Crippen molar-refractivity contribution in [3.05, 3.63) is 11.6 Å². The Kier molecular flexibility index (Phi) is 3.97. The van der Waals surface area contributed by atoms with Crippen molar-refractivity contribution in [3.8, 4) is 0 Å². The average molecular weight is 389 g/mol. The summed E-state index contributed by atoms with van der Waals surface area (Å²) in [4.78, 5) is 25.2. The maximum absolute atomic E-state index is 13.6. The Morgan fingerprint density at radius 1 is 1.11 bits per heavy atom. The Bertz CT molecular complexity index is 758. The quantitative estimate of drug-likeness (QED) is 0.675. The van der Waals surface area contributed by atoms with E-state index in [9.17, 15) is 19.8 Å². The maximum atomic E-state index is 13.6. The van der Waals surface area contributed by atoms with E-state index in [1.165, 1.54) is 0 Å². The van der Waals surface area contributed by atoms with Gasteiger partial charge in [0.1, 0.15) is 12.4 Å². The SMILES string of the molecule is C[C@]12CC[C@H](O)C[C@@H]1CC[C@@H]1[C@@H]2C(=O)C[C@]2(C)[C@@H](C3=CC(=O)OC3)CC[C@@]12O. The third kappa shape index (κ3) is 2.26. The van der Waals surface area contributed by atoms with Gasteiger partial charge in [0.05, 0.1) is 11.7 Å². The van der Waals surface area contributed by atoms with Gasteiger partial charge in [-0.1, -0.05) is 13.8 Å². The first kappa shape index (κ1) is 18.8. The molecule has 5 aliphatic rings. The van der Waals surface area contributed by atoms with Crippen molar-refractivity contribution < 1.29 is 24.5 Å². The summed E-state index contributed by atoms with van der Waals surface area (Å²) >= 11 is 0. The highest BCUT2D eigenvalue weighted by Crippen LogP contribution is 2.68. The summed E-state index contributed by atoms with van der Waals surface area (Å²) in [7, 11) is 0. The van der Waals surface area contributed by atoms with E-state index in [2.05, 4.69) is 13.8 Å². The fourth-order valence-electron chi connectivity index (χ4n) is 8.18. The van der Waals surface area contributed by atoms with Gasteiger partial charge in [0, 0.05) is 23.8 Å². The molecule has 5 rings (SSSR count). The largest absolute Gasteiger partial charge is 0.458 e. The molecule has 0 unspecified atom stereocenters. The third-order valence-electron chi connectivity index (χ3n) is 9.65. The lowest BCUT2D eigenvalue weighted by atomic mass is 9.43. The number of cyclic esters (lactones) is 1. The molecule has 2 N–H and O–H groups in total. The molecule has 5 heteroatoms. The number of aliphatic hydroxyl groups is 2. The first-order valence-corrected chi connectivity index (χ1v) is 11.0. The number of ketones is 1. The molecule has 0 amide bonds. The Hall–Kier alpha value is -1.20. The zero-order chi connectivity index (χ0) is 19.9. The van der Waals surface area contributed by atoms with Gasteiger partial charge in [-0.3, -0.25) is 4.79 Å². The number of Topliss-reactive ketones (excluding diaryl/α,β-unsaturated/α-hetero) is 1. The molecule has 1 heterocycles. The Labute approximate surface area is 166 Å². The molecule has 0 aromatic heterocycles. The summed E-state index contributed by atoms with van der Waals surface area (Å²) in [6.07, 6.45) is 7.48. The van der Waals surface area contributed by atoms with Crippen LogP contribution >= 0.6 is 0 Å². The molecule has 5 nitrogen and oxygen atoms in total. The number of carbonyl (C=O) groups is 2. The van der Waals surface area contributed by atoms with Crippen LogP contribution < -0.4 is 0 Å². The van der Waals surface area contributed by atoms with Crippen LogP contribution in [0.2, 0.25) is 0 Å². The van der Waals surface area contributed by atoms with Gasteiger partial charge in [0.2, 0.25) is 0 Å². The Morgan fingerprint density at radius 2 is 1.89 bits per heavy atom. The molecule has 0 bridgehead atoms. The van der Waals surface area contributed by atoms with Crippen molar-refractivity contribution in [2.75, 3.05) is 6.61 Å². The van der Waals surface area contributed by atoms with Crippen molar-refractivity contribution in [1.82, 2.24) is 0 Å². The van der Waals surface area contributed by atoms with Crippen molar-refractivity contribution in [2.45, 2.75) is 76.9 Å². The lowest BCUT2D eigenvalue weighted by Gasteiger charge is -2.62. The van der Waals surface area contributed by atoms with Gasteiger partial charge >= 0.3 is 5.97 Å². The zero-order valence-electron chi connectivity index (χ0n) is 16.9. The summed E-state index contributed by atoms with van der Waals surface area (Å²) in [6.45, 7) is 4.61. The summed E-state index contributed by atoms with van der Waals surface area (Å²) in [5.41, 5.74) is -0.551. The van der Waals surface area contributed by atoms with Gasteiger partial charge < -0.3 is 14.9 Å². The monoisotopic (exact) mass is 388 g/mol. The molecule has 4 aliphatic carbocycles. The van der Waals surface area contributed by atoms with Gasteiger partial charge in [-0.15, -0.1) is 0 Å². The molecule has 8 atom stereocenters. The lowest BCUT2D eigenvalue weighted by Crippen LogP contribution is -2.65. The summed E-state index contributed by atoms with van der Waals surface area (Å²) < 4.78 is 5.14. The van der Waals surface area contributed by atoms with Crippen LogP contribution in [0, 0.1) is 34.5 Å². The van der Waals surface area contributed by atoms with Crippen molar-refractivity contribution >= 4 is 11.8 Å². The molecule has 0 spiro atoms. The van der Waals surface area contributed by atoms with Crippen molar-refractivity contribution in [2.24, 2.45) is 34.5 Å². The van der Waals surface area contributed by atoms with E-state index in [4.69, 9.17) is 4.74 Å². The van der Waals surface area contributed by atoms with E-state index in [0.29, 0.717) is 31.1 Å². The van der Waals surface area contributed by atoms with Crippen LogP contribution in [0.5, 0.6) is 0 Å². The minimum Gasteiger partial charge on any atom is -0.458 e. The van der Waals surface area contributed by atoms with Gasteiger partial charge in [-0.2, -0.15) is 0 Å². The molecule has 154 valence electrons. The summed E-state index contributed by atoms with van der Waals surface area (Å²) in [5.74, 6) is 0.272. The highest BCUT2D eigenvalue weighted by Gasteiger charge is 2.70. The van der Waals surface area contributed by atoms with Crippen molar-refractivity contribution in [1.29, 1.82) is 0 Å². The standard InChI is InChI=1S/C23H32O5/c1-21-7-5-15(24)10-14(21)3-4-17-20(21)18(25)11-22(2)16(6-8-23(17,22)27)13-9-19(26)28-12-13/h9,14-17,20,24,27H,3-8,10-12H2,1-2H3/t14-,15-,16+,17+,20+,21-,22+,23+/m0/s1. The van der Waals surface area contributed by atoms with E-state index in [1.807, 2.05) is 0 Å². The van der Waals surface area contributed by atoms with Crippen LogP contribution in [0.25, 0.3) is 0 Å². The van der Waals surface area contributed by atoms with Gasteiger partial charge in [0.25, 0.3) is 0 Å². The molecule has 28 heavy (non-hydrogen) atoms. The molecule has 0 aromatic rings. The molecule has 4 saturated carbocycles. The fraction of sp³-hybridized carbons (Fsp3) is 0.826. The maximum Gasteiger partial charge on any atom is 0.331 e.